The molecular formula is C8H3N2O2. The zero-order chi connectivity index (χ0) is 8.55. The number of hydrogen-bond acceptors (Lipinski definition) is 2. The molecule has 0 aromatic heterocycles. The highest BCUT2D eigenvalue weighted by Crippen LogP contribution is 2.15. The molecule has 0 N–H and O–H groups in total. The maximum Gasteiger partial charge on any atom is 0.296 e. The van der Waals surface area contributed by atoms with Gasteiger partial charge < -0.3 is 0 Å². The monoisotopic (exact) mass is 159 g/mol. The predicted molar refractivity (Wildman–Crippen MR) is 38.8 cm³/mol. The molecule has 0 spiro atoms. The van der Waals surface area contributed by atoms with E-state index in [2.05, 4.69) is 16.3 Å². The van der Waals surface area contributed by atoms with Crippen molar-refractivity contribution in [3.63, 3.8) is 0 Å². The summed E-state index contributed by atoms with van der Waals surface area (Å²) in [6, 6.07) is 7.20. The standard InChI is InChI=1S/C8H3N2O2/c11-7-5-3-1-2-4-6(5)8(12)10-9-7/h1,3-4H. The SMILES string of the molecule is O=C1N=NC(=O)c2cc[c]cc21. The van der Waals surface area contributed by atoms with Gasteiger partial charge in [-0.1, -0.05) is 6.07 Å². The van der Waals surface area contributed by atoms with Crippen LogP contribution in [-0.2, 0) is 0 Å². The molecule has 1 heterocycles. The average Bonchev–Trinajstić information content (AvgIpc) is 2.12. The van der Waals surface area contributed by atoms with Gasteiger partial charge in [0.2, 0.25) is 0 Å². The Balaban J connectivity index is 2.69. The summed E-state index contributed by atoms with van der Waals surface area (Å²) in [4.78, 5) is 22.0. The Morgan fingerprint density at radius 1 is 1.08 bits per heavy atom. The minimum absolute atomic E-state index is 0.275. The van der Waals surface area contributed by atoms with E-state index in [1.54, 1.807) is 6.07 Å². The first-order chi connectivity index (χ1) is 5.79. The summed E-state index contributed by atoms with van der Waals surface area (Å²) in [5.41, 5.74) is 0.575. The van der Waals surface area contributed by atoms with Gasteiger partial charge in [0.15, 0.2) is 0 Å². The summed E-state index contributed by atoms with van der Waals surface area (Å²) >= 11 is 0. The molecule has 1 aromatic rings. The smallest absolute Gasteiger partial charge is 0.265 e. The Bertz CT molecular complexity index is 359. The highest BCUT2D eigenvalue weighted by Gasteiger charge is 2.20. The van der Waals surface area contributed by atoms with Gasteiger partial charge in [-0.25, -0.2) is 0 Å². The van der Waals surface area contributed by atoms with Crippen molar-refractivity contribution in [2.45, 2.75) is 0 Å². The minimum Gasteiger partial charge on any atom is -0.265 e. The predicted octanol–water partition coefficient (Wildman–Crippen LogP) is 1.23. The average molecular weight is 159 g/mol. The van der Waals surface area contributed by atoms with E-state index in [9.17, 15) is 9.59 Å². The number of fused-ring (bicyclic) bond motifs is 1. The third-order valence-corrected chi connectivity index (χ3v) is 1.56. The zero-order valence-corrected chi connectivity index (χ0v) is 5.94. The molecule has 0 unspecified atom stereocenters. The second-order valence-electron chi connectivity index (χ2n) is 2.28. The fourth-order valence-corrected chi connectivity index (χ4v) is 0.992. The van der Waals surface area contributed by atoms with Crippen molar-refractivity contribution >= 4 is 11.8 Å². The number of nitrogens with zero attached hydrogens (tertiary/aromatic N) is 2. The summed E-state index contributed by atoms with van der Waals surface area (Å²) in [7, 11) is 0. The highest BCUT2D eigenvalue weighted by molar-refractivity contribution is 6.10. The maximum absolute atomic E-state index is 11.0. The van der Waals surface area contributed by atoms with Crippen LogP contribution in [0.15, 0.2) is 28.4 Å². The van der Waals surface area contributed by atoms with E-state index in [1.165, 1.54) is 12.1 Å². The quantitative estimate of drug-likeness (QED) is 0.571. The van der Waals surface area contributed by atoms with Crippen LogP contribution >= 0.6 is 0 Å². The van der Waals surface area contributed by atoms with Gasteiger partial charge in [-0.05, 0) is 18.2 Å². The Morgan fingerprint density at radius 3 is 2.42 bits per heavy atom. The molecule has 0 saturated heterocycles. The van der Waals surface area contributed by atoms with Crippen LogP contribution in [0.5, 0.6) is 0 Å². The topological polar surface area (TPSA) is 58.9 Å². The van der Waals surface area contributed by atoms with Gasteiger partial charge in [-0.3, -0.25) is 9.59 Å². The van der Waals surface area contributed by atoms with Crippen LogP contribution in [0.3, 0.4) is 0 Å². The molecule has 12 heavy (non-hydrogen) atoms. The molecule has 1 aliphatic rings. The molecule has 0 fully saturated rings. The van der Waals surface area contributed by atoms with Crippen molar-refractivity contribution in [1.29, 1.82) is 0 Å². The minimum atomic E-state index is -0.485. The lowest BCUT2D eigenvalue weighted by Crippen LogP contribution is -2.10. The lowest BCUT2D eigenvalue weighted by atomic mass is 10.1. The van der Waals surface area contributed by atoms with E-state index >= 15 is 0 Å². The van der Waals surface area contributed by atoms with E-state index in [0.29, 0.717) is 5.56 Å². The van der Waals surface area contributed by atoms with Crippen LogP contribution in [0.2, 0.25) is 0 Å². The van der Waals surface area contributed by atoms with Crippen LogP contribution in [-0.4, -0.2) is 11.8 Å². The number of rotatable bonds is 0. The Morgan fingerprint density at radius 2 is 1.75 bits per heavy atom. The van der Waals surface area contributed by atoms with Gasteiger partial charge in [0, 0.05) is 0 Å². The summed E-state index contributed by atoms with van der Waals surface area (Å²) in [6.45, 7) is 0. The number of carbonyl (C=O) groups is 2. The fourth-order valence-electron chi connectivity index (χ4n) is 0.992. The van der Waals surface area contributed by atoms with Crippen molar-refractivity contribution < 1.29 is 9.59 Å². The molecule has 0 bridgehead atoms. The molecule has 0 aliphatic carbocycles. The van der Waals surface area contributed by atoms with Crippen molar-refractivity contribution in [3.8, 4) is 0 Å². The summed E-state index contributed by atoms with van der Waals surface area (Å²) in [5, 5.41) is 6.34. The van der Waals surface area contributed by atoms with E-state index in [4.69, 9.17) is 0 Å². The molecule has 2 amide bonds. The molecule has 4 heteroatoms. The van der Waals surface area contributed by atoms with Crippen LogP contribution in [0, 0.1) is 6.07 Å². The van der Waals surface area contributed by atoms with Gasteiger partial charge in [0.1, 0.15) is 0 Å². The Kier molecular flexibility index (Phi) is 1.33. The molecule has 1 aromatic carbocycles. The highest BCUT2D eigenvalue weighted by atomic mass is 16.2. The molecule has 0 saturated carbocycles. The van der Waals surface area contributed by atoms with E-state index in [0.717, 1.165) is 0 Å². The van der Waals surface area contributed by atoms with E-state index < -0.39 is 11.8 Å². The molecule has 2 rings (SSSR count). The molecule has 0 atom stereocenters. The van der Waals surface area contributed by atoms with Gasteiger partial charge in [0.05, 0.1) is 11.1 Å². The zero-order valence-electron chi connectivity index (χ0n) is 5.94. The van der Waals surface area contributed by atoms with E-state index in [1.807, 2.05) is 0 Å². The van der Waals surface area contributed by atoms with Crippen molar-refractivity contribution in [3.05, 3.63) is 35.4 Å². The molecule has 1 aliphatic heterocycles. The van der Waals surface area contributed by atoms with Crippen LogP contribution in [0.1, 0.15) is 20.7 Å². The van der Waals surface area contributed by atoms with Gasteiger partial charge >= 0.3 is 0 Å². The van der Waals surface area contributed by atoms with Crippen molar-refractivity contribution in [1.82, 2.24) is 0 Å². The molecule has 1 radical (unpaired) electrons. The lowest BCUT2D eigenvalue weighted by molar-refractivity contribution is 0.0920. The molecule has 57 valence electrons. The summed E-state index contributed by atoms with van der Waals surface area (Å²) in [6.07, 6.45) is 0. The first kappa shape index (κ1) is 6.84. The van der Waals surface area contributed by atoms with E-state index in [-0.39, 0.29) is 5.56 Å². The first-order valence-corrected chi connectivity index (χ1v) is 3.29. The maximum atomic E-state index is 11.0. The lowest BCUT2D eigenvalue weighted by Gasteiger charge is -2.03. The van der Waals surface area contributed by atoms with Crippen molar-refractivity contribution in [2.24, 2.45) is 10.2 Å². The Hall–Kier alpha value is -1.84. The first-order valence-electron chi connectivity index (χ1n) is 3.29. The van der Waals surface area contributed by atoms with Gasteiger partial charge in [0.25, 0.3) is 11.8 Å². The fraction of sp³-hybridized carbons (Fsp3) is 0. The van der Waals surface area contributed by atoms with Gasteiger partial charge in [-0.15, -0.1) is 10.2 Å². The Labute approximate surface area is 67.9 Å². The number of carbonyl (C=O) groups excluding carboxylic acids is 2. The third-order valence-electron chi connectivity index (χ3n) is 1.56. The van der Waals surface area contributed by atoms with Crippen LogP contribution in [0.25, 0.3) is 0 Å². The van der Waals surface area contributed by atoms with Crippen LogP contribution < -0.4 is 0 Å². The molecule has 4 nitrogen and oxygen atoms in total. The number of amides is 2. The summed E-state index contributed by atoms with van der Waals surface area (Å²) in [5.74, 6) is -0.958. The summed E-state index contributed by atoms with van der Waals surface area (Å²) < 4.78 is 0. The van der Waals surface area contributed by atoms with Crippen molar-refractivity contribution in [2.75, 3.05) is 0 Å². The number of hydrogen-bond donors (Lipinski definition) is 0. The third kappa shape index (κ3) is 0.852. The van der Waals surface area contributed by atoms with Gasteiger partial charge in [-0.2, -0.15) is 0 Å². The second kappa shape index (κ2) is 2.34. The number of benzene rings is 1. The number of azo groups is 1. The normalized spacial score (nSPS) is 14.7. The largest absolute Gasteiger partial charge is 0.296 e. The van der Waals surface area contributed by atoms with Crippen LogP contribution in [0.4, 0.5) is 0 Å². The molecular weight excluding hydrogens is 156 g/mol. The second-order valence-corrected chi connectivity index (χ2v) is 2.28.